The third kappa shape index (κ3) is 2.97. The summed E-state index contributed by atoms with van der Waals surface area (Å²) in [5.41, 5.74) is 6.54. The van der Waals surface area contributed by atoms with Crippen LogP contribution >= 0.6 is 0 Å². The smallest absolute Gasteiger partial charge is 0.337 e. The molecule has 0 spiro atoms. The monoisotopic (exact) mass is 402 g/mol. The van der Waals surface area contributed by atoms with Crippen LogP contribution in [0.3, 0.4) is 0 Å². The first-order chi connectivity index (χ1) is 14.6. The van der Waals surface area contributed by atoms with E-state index >= 15 is 0 Å². The minimum absolute atomic E-state index is 0.252. The average Bonchev–Trinajstić information content (AvgIpc) is 3.14. The molecule has 4 nitrogen and oxygen atoms in total. The number of methoxy groups -OCH3 is 2. The SMILES string of the molecule is COC(=O)c1ccc(C2=C3CC[C@@H]4c5ccc(OC)cc5CC[C@H]4[C@@H]3CC2=O)cc1. The summed E-state index contributed by atoms with van der Waals surface area (Å²) in [5.74, 6) is 2.24. The van der Waals surface area contributed by atoms with E-state index in [0.29, 0.717) is 29.7 Å². The third-order valence-electron chi connectivity index (χ3n) is 7.30. The molecule has 2 aromatic rings. The van der Waals surface area contributed by atoms with E-state index in [1.807, 2.05) is 12.1 Å². The molecule has 0 N–H and O–H groups in total. The van der Waals surface area contributed by atoms with Crippen molar-refractivity contribution in [1.29, 1.82) is 0 Å². The topological polar surface area (TPSA) is 52.6 Å². The van der Waals surface area contributed by atoms with Gasteiger partial charge in [-0.1, -0.05) is 23.8 Å². The fraction of sp³-hybridized carbons (Fsp3) is 0.385. The molecule has 0 aromatic heterocycles. The molecule has 3 aliphatic carbocycles. The summed E-state index contributed by atoms with van der Waals surface area (Å²) in [7, 11) is 3.09. The van der Waals surface area contributed by atoms with Crippen molar-refractivity contribution in [2.75, 3.05) is 14.2 Å². The zero-order valence-corrected chi connectivity index (χ0v) is 17.4. The highest BCUT2D eigenvalue weighted by Gasteiger charge is 2.45. The molecule has 0 unspecified atom stereocenters. The van der Waals surface area contributed by atoms with E-state index in [4.69, 9.17) is 9.47 Å². The number of hydrogen-bond acceptors (Lipinski definition) is 4. The van der Waals surface area contributed by atoms with Crippen LogP contribution in [-0.4, -0.2) is 26.0 Å². The third-order valence-corrected chi connectivity index (χ3v) is 7.30. The lowest BCUT2D eigenvalue weighted by Crippen LogP contribution is -2.31. The molecule has 5 rings (SSSR count). The van der Waals surface area contributed by atoms with Gasteiger partial charge in [-0.25, -0.2) is 4.79 Å². The highest BCUT2D eigenvalue weighted by atomic mass is 16.5. The van der Waals surface area contributed by atoms with Gasteiger partial charge in [-0.3, -0.25) is 4.79 Å². The van der Waals surface area contributed by atoms with Crippen LogP contribution in [-0.2, 0) is 16.0 Å². The predicted octanol–water partition coefficient (Wildman–Crippen LogP) is 4.96. The van der Waals surface area contributed by atoms with Gasteiger partial charge in [0, 0.05) is 12.0 Å². The minimum Gasteiger partial charge on any atom is -0.497 e. The molecular formula is C26H26O4. The quantitative estimate of drug-likeness (QED) is 0.681. The lowest BCUT2D eigenvalue weighted by atomic mass is 9.62. The fourth-order valence-corrected chi connectivity index (χ4v) is 5.95. The summed E-state index contributed by atoms with van der Waals surface area (Å²) >= 11 is 0. The van der Waals surface area contributed by atoms with Crippen LogP contribution in [0.2, 0.25) is 0 Å². The molecule has 3 aliphatic rings. The second-order valence-electron chi connectivity index (χ2n) is 8.62. The Morgan fingerprint density at radius 3 is 2.50 bits per heavy atom. The number of carbonyl (C=O) groups excluding carboxylic acids is 2. The second kappa shape index (κ2) is 7.42. The molecule has 1 saturated carbocycles. The summed E-state index contributed by atoms with van der Waals surface area (Å²) in [6, 6.07) is 13.8. The Labute approximate surface area is 176 Å². The Balaban J connectivity index is 1.47. The number of benzene rings is 2. The van der Waals surface area contributed by atoms with Crippen LogP contribution in [0.25, 0.3) is 5.57 Å². The van der Waals surface area contributed by atoms with E-state index in [-0.39, 0.29) is 11.8 Å². The van der Waals surface area contributed by atoms with Crippen molar-refractivity contribution in [1.82, 2.24) is 0 Å². The van der Waals surface area contributed by atoms with Crippen molar-refractivity contribution in [2.24, 2.45) is 11.8 Å². The van der Waals surface area contributed by atoms with Gasteiger partial charge in [0.2, 0.25) is 0 Å². The van der Waals surface area contributed by atoms with Gasteiger partial charge in [-0.05, 0) is 84.4 Å². The maximum Gasteiger partial charge on any atom is 0.337 e. The first-order valence-corrected chi connectivity index (χ1v) is 10.7. The molecule has 0 heterocycles. The normalized spacial score (nSPS) is 24.7. The van der Waals surface area contributed by atoms with Crippen LogP contribution in [0.4, 0.5) is 0 Å². The maximum absolute atomic E-state index is 13.1. The number of Topliss-reactive ketones (excluding diaryl/α,β-unsaturated/α-hetero) is 1. The summed E-state index contributed by atoms with van der Waals surface area (Å²) in [6.07, 6.45) is 4.86. The number of fused-ring (bicyclic) bond motifs is 5. The predicted molar refractivity (Wildman–Crippen MR) is 115 cm³/mol. The Bertz CT molecular complexity index is 1050. The molecule has 30 heavy (non-hydrogen) atoms. The Morgan fingerprint density at radius 2 is 1.77 bits per heavy atom. The van der Waals surface area contributed by atoms with Crippen molar-refractivity contribution in [3.8, 4) is 5.75 Å². The average molecular weight is 402 g/mol. The molecule has 3 atom stereocenters. The van der Waals surface area contributed by atoms with Gasteiger partial charge >= 0.3 is 5.97 Å². The lowest BCUT2D eigenvalue weighted by molar-refractivity contribution is -0.114. The second-order valence-corrected chi connectivity index (χ2v) is 8.62. The number of ketones is 1. The van der Waals surface area contributed by atoms with Crippen molar-refractivity contribution in [3.63, 3.8) is 0 Å². The van der Waals surface area contributed by atoms with Gasteiger partial charge in [0.05, 0.1) is 19.8 Å². The van der Waals surface area contributed by atoms with Crippen LogP contribution in [0, 0.1) is 11.8 Å². The molecule has 2 aromatic carbocycles. The standard InChI is InChI=1S/C26H26O4/c1-29-18-8-10-19-17(13-18)7-9-21-20(19)11-12-22-23(21)14-24(27)25(22)15-3-5-16(6-4-15)26(28)30-2/h3-6,8,10,13,20-21,23H,7,9,11-12,14H2,1-2H3/t20-,21-,23+/m1/s1. The number of hydrogen-bond donors (Lipinski definition) is 0. The van der Waals surface area contributed by atoms with E-state index in [1.165, 1.54) is 23.8 Å². The summed E-state index contributed by atoms with van der Waals surface area (Å²) in [6.45, 7) is 0. The van der Waals surface area contributed by atoms with Crippen molar-refractivity contribution in [3.05, 3.63) is 70.3 Å². The van der Waals surface area contributed by atoms with Crippen LogP contribution < -0.4 is 4.74 Å². The Hall–Kier alpha value is -2.88. The highest BCUT2D eigenvalue weighted by Crippen LogP contribution is 2.55. The number of allylic oxidation sites excluding steroid dienone is 2. The number of esters is 1. The van der Waals surface area contributed by atoms with Gasteiger partial charge in [-0.15, -0.1) is 0 Å². The van der Waals surface area contributed by atoms with Gasteiger partial charge < -0.3 is 9.47 Å². The number of ether oxygens (including phenoxy) is 2. The molecule has 0 amide bonds. The molecule has 1 fully saturated rings. The van der Waals surface area contributed by atoms with Gasteiger partial charge in [-0.2, -0.15) is 0 Å². The summed E-state index contributed by atoms with van der Waals surface area (Å²) in [4.78, 5) is 24.8. The van der Waals surface area contributed by atoms with Crippen LogP contribution in [0.5, 0.6) is 5.75 Å². The molecule has 4 heteroatoms. The number of rotatable bonds is 3. The summed E-state index contributed by atoms with van der Waals surface area (Å²) in [5, 5.41) is 0. The summed E-state index contributed by atoms with van der Waals surface area (Å²) < 4.78 is 10.2. The van der Waals surface area contributed by atoms with E-state index in [9.17, 15) is 9.59 Å². The molecule has 0 aliphatic heterocycles. The minimum atomic E-state index is -0.354. The van der Waals surface area contributed by atoms with E-state index < -0.39 is 0 Å². The molecular weight excluding hydrogens is 376 g/mol. The zero-order valence-electron chi connectivity index (χ0n) is 17.4. The number of carbonyl (C=O) groups is 2. The van der Waals surface area contributed by atoms with Crippen molar-refractivity contribution >= 4 is 17.3 Å². The molecule has 0 saturated heterocycles. The fourth-order valence-electron chi connectivity index (χ4n) is 5.95. The van der Waals surface area contributed by atoms with Gasteiger partial charge in [0.25, 0.3) is 0 Å². The van der Waals surface area contributed by atoms with E-state index in [0.717, 1.165) is 42.6 Å². The van der Waals surface area contributed by atoms with Crippen LogP contribution in [0.1, 0.15) is 58.6 Å². The van der Waals surface area contributed by atoms with Gasteiger partial charge in [0.15, 0.2) is 5.78 Å². The first-order valence-electron chi connectivity index (χ1n) is 10.7. The first kappa shape index (κ1) is 19.1. The van der Waals surface area contributed by atoms with Gasteiger partial charge in [0.1, 0.15) is 5.75 Å². The molecule has 0 radical (unpaired) electrons. The van der Waals surface area contributed by atoms with Crippen molar-refractivity contribution < 1.29 is 19.1 Å². The lowest BCUT2D eigenvalue weighted by Gasteiger charge is -2.42. The number of aryl methyl sites for hydroxylation is 1. The van der Waals surface area contributed by atoms with E-state index in [2.05, 4.69) is 18.2 Å². The Kier molecular flexibility index (Phi) is 4.73. The van der Waals surface area contributed by atoms with Crippen LogP contribution in [0.15, 0.2) is 48.0 Å². The van der Waals surface area contributed by atoms with E-state index in [1.54, 1.807) is 19.2 Å². The molecule has 154 valence electrons. The van der Waals surface area contributed by atoms with Crippen molar-refractivity contribution in [2.45, 2.75) is 38.0 Å². The molecule has 0 bridgehead atoms. The Morgan fingerprint density at radius 1 is 0.967 bits per heavy atom. The highest BCUT2D eigenvalue weighted by molar-refractivity contribution is 6.24. The zero-order chi connectivity index (χ0) is 20.8. The largest absolute Gasteiger partial charge is 0.497 e. The maximum atomic E-state index is 13.1.